The highest BCUT2D eigenvalue weighted by Crippen LogP contribution is 2.16. The second-order valence-corrected chi connectivity index (χ2v) is 3.68. The highest BCUT2D eigenvalue weighted by molar-refractivity contribution is 5.15. The third-order valence-corrected chi connectivity index (χ3v) is 2.58. The Morgan fingerprint density at radius 3 is 2.69 bits per heavy atom. The number of rotatable bonds is 2. The molecule has 1 atom stereocenters. The molecule has 0 bridgehead atoms. The van der Waals surface area contributed by atoms with E-state index in [1.165, 1.54) is 24.8 Å². The molecule has 0 aromatic heterocycles. The van der Waals surface area contributed by atoms with Gasteiger partial charge in [0.05, 0.1) is 6.10 Å². The Hall–Kier alpha value is -0.820. The fourth-order valence-electron chi connectivity index (χ4n) is 1.85. The van der Waals surface area contributed by atoms with Gasteiger partial charge in [0.2, 0.25) is 0 Å². The summed E-state index contributed by atoms with van der Waals surface area (Å²) in [5.41, 5.74) is 1.40. The Balaban J connectivity index is 1.90. The lowest BCUT2D eigenvalue weighted by molar-refractivity contribution is 0.0168. The fourth-order valence-corrected chi connectivity index (χ4v) is 1.85. The van der Waals surface area contributed by atoms with Crippen molar-refractivity contribution in [2.45, 2.75) is 31.8 Å². The van der Waals surface area contributed by atoms with Crippen LogP contribution in [0.1, 0.15) is 24.8 Å². The zero-order valence-electron chi connectivity index (χ0n) is 7.91. The van der Waals surface area contributed by atoms with E-state index in [1.54, 1.807) is 0 Å². The summed E-state index contributed by atoms with van der Waals surface area (Å²) in [6, 6.07) is 10.6. The number of ether oxygens (including phenoxy) is 1. The molecule has 0 spiro atoms. The van der Waals surface area contributed by atoms with Gasteiger partial charge in [0.1, 0.15) is 0 Å². The summed E-state index contributed by atoms with van der Waals surface area (Å²) < 4.78 is 5.68. The van der Waals surface area contributed by atoms with E-state index in [2.05, 4.69) is 30.3 Å². The molecule has 1 saturated heterocycles. The SMILES string of the molecule is c1ccc(C[C@H]2CCCCO2)cc1. The Labute approximate surface area is 79.7 Å². The van der Waals surface area contributed by atoms with Crippen LogP contribution >= 0.6 is 0 Å². The van der Waals surface area contributed by atoms with E-state index in [4.69, 9.17) is 4.74 Å². The van der Waals surface area contributed by atoms with E-state index in [-0.39, 0.29) is 0 Å². The predicted octanol–water partition coefficient (Wildman–Crippen LogP) is 2.80. The van der Waals surface area contributed by atoms with E-state index in [9.17, 15) is 0 Å². The first-order chi connectivity index (χ1) is 6.45. The van der Waals surface area contributed by atoms with Crippen molar-refractivity contribution in [3.8, 4) is 0 Å². The van der Waals surface area contributed by atoms with Crippen molar-refractivity contribution in [3.63, 3.8) is 0 Å². The monoisotopic (exact) mass is 176 g/mol. The number of hydrogen-bond donors (Lipinski definition) is 0. The smallest absolute Gasteiger partial charge is 0.0615 e. The standard InChI is InChI=1S/C12H16O/c1-2-6-11(7-3-1)10-12-8-4-5-9-13-12/h1-3,6-7,12H,4-5,8-10H2/t12-/m1/s1. The highest BCUT2D eigenvalue weighted by Gasteiger charge is 2.13. The van der Waals surface area contributed by atoms with Crippen LogP contribution in [-0.2, 0) is 11.2 Å². The molecule has 1 nitrogen and oxygen atoms in total. The van der Waals surface area contributed by atoms with Crippen molar-refractivity contribution in [1.29, 1.82) is 0 Å². The maximum atomic E-state index is 5.68. The summed E-state index contributed by atoms with van der Waals surface area (Å²) in [6.45, 7) is 0.956. The van der Waals surface area contributed by atoms with E-state index < -0.39 is 0 Å². The van der Waals surface area contributed by atoms with Gasteiger partial charge in [-0.15, -0.1) is 0 Å². The molecule has 1 aromatic rings. The van der Waals surface area contributed by atoms with Gasteiger partial charge in [0.15, 0.2) is 0 Å². The van der Waals surface area contributed by atoms with Gasteiger partial charge in [0, 0.05) is 6.61 Å². The lowest BCUT2D eigenvalue weighted by Gasteiger charge is -2.22. The van der Waals surface area contributed by atoms with Crippen molar-refractivity contribution in [2.75, 3.05) is 6.61 Å². The number of hydrogen-bond acceptors (Lipinski definition) is 1. The van der Waals surface area contributed by atoms with Gasteiger partial charge in [0.25, 0.3) is 0 Å². The quantitative estimate of drug-likeness (QED) is 0.673. The van der Waals surface area contributed by atoms with Gasteiger partial charge >= 0.3 is 0 Å². The highest BCUT2D eigenvalue weighted by atomic mass is 16.5. The maximum absolute atomic E-state index is 5.68. The molecule has 0 radical (unpaired) electrons. The fraction of sp³-hybridized carbons (Fsp3) is 0.500. The first kappa shape index (κ1) is 8.76. The third-order valence-electron chi connectivity index (χ3n) is 2.58. The molecule has 1 aliphatic rings. The second kappa shape index (κ2) is 4.43. The summed E-state index contributed by atoms with van der Waals surface area (Å²) >= 11 is 0. The number of benzene rings is 1. The molecule has 0 unspecified atom stereocenters. The normalized spacial score (nSPS) is 22.9. The Kier molecular flexibility index (Phi) is 2.98. The maximum Gasteiger partial charge on any atom is 0.0615 e. The van der Waals surface area contributed by atoms with Crippen LogP contribution in [0.3, 0.4) is 0 Å². The van der Waals surface area contributed by atoms with Crippen LogP contribution in [0.4, 0.5) is 0 Å². The van der Waals surface area contributed by atoms with E-state index in [0.717, 1.165) is 13.0 Å². The summed E-state index contributed by atoms with van der Waals surface area (Å²) in [4.78, 5) is 0. The van der Waals surface area contributed by atoms with Crippen LogP contribution in [0.25, 0.3) is 0 Å². The molecule has 0 amide bonds. The average molecular weight is 176 g/mol. The second-order valence-electron chi connectivity index (χ2n) is 3.68. The molecular formula is C12H16O. The van der Waals surface area contributed by atoms with Gasteiger partial charge in [-0.2, -0.15) is 0 Å². The molecule has 13 heavy (non-hydrogen) atoms. The Morgan fingerprint density at radius 1 is 1.15 bits per heavy atom. The van der Waals surface area contributed by atoms with Crippen LogP contribution in [-0.4, -0.2) is 12.7 Å². The zero-order valence-corrected chi connectivity index (χ0v) is 7.91. The minimum atomic E-state index is 0.469. The predicted molar refractivity (Wildman–Crippen MR) is 53.7 cm³/mol. The summed E-state index contributed by atoms with van der Waals surface area (Å²) in [5.74, 6) is 0. The average Bonchev–Trinajstić information content (AvgIpc) is 2.21. The van der Waals surface area contributed by atoms with Gasteiger partial charge < -0.3 is 4.74 Å². The first-order valence-corrected chi connectivity index (χ1v) is 5.11. The third kappa shape index (κ3) is 2.56. The van der Waals surface area contributed by atoms with E-state index in [0.29, 0.717) is 6.10 Å². The molecule has 70 valence electrons. The molecule has 1 heterocycles. The molecule has 2 rings (SSSR count). The van der Waals surface area contributed by atoms with Gasteiger partial charge in [-0.1, -0.05) is 30.3 Å². The van der Waals surface area contributed by atoms with Crippen molar-refractivity contribution < 1.29 is 4.74 Å². The summed E-state index contributed by atoms with van der Waals surface area (Å²) in [7, 11) is 0. The molecule has 1 aliphatic heterocycles. The molecule has 0 N–H and O–H groups in total. The van der Waals surface area contributed by atoms with Gasteiger partial charge in [-0.25, -0.2) is 0 Å². The summed E-state index contributed by atoms with van der Waals surface area (Å²) in [6.07, 6.45) is 5.36. The lowest BCUT2D eigenvalue weighted by Crippen LogP contribution is -2.21. The minimum Gasteiger partial charge on any atom is -0.378 e. The minimum absolute atomic E-state index is 0.469. The first-order valence-electron chi connectivity index (χ1n) is 5.11. The molecule has 1 fully saturated rings. The lowest BCUT2D eigenvalue weighted by atomic mass is 10.0. The molecule has 1 aromatic carbocycles. The largest absolute Gasteiger partial charge is 0.378 e. The van der Waals surface area contributed by atoms with Crippen LogP contribution in [0.2, 0.25) is 0 Å². The van der Waals surface area contributed by atoms with Crippen molar-refractivity contribution >= 4 is 0 Å². The summed E-state index contributed by atoms with van der Waals surface area (Å²) in [5, 5.41) is 0. The Morgan fingerprint density at radius 2 is 2.00 bits per heavy atom. The van der Waals surface area contributed by atoms with E-state index in [1.807, 2.05) is 0 Å². The zero-order chi connectivity index (χ0) is 8.93. The van der Waals surface area contributed by atoms with Crippen molar-refractivity contribution in [2.24, 2.45) is 0 Å². The molecule has 0 saturated carbocycles. The van der Waals surface area contributed by atoms with E-state index >= 15 is 0 Å². The van der Waals surface area contributed by atoms with Gasteiger partial charge in [-0.3, -0.25) is 0 Å². The molecule has 0 aliphatic carbocycles. The topological polar surface area (TPSA) is 9.23 Å². The van der Waals surface area contributed by atoms with Crippen molar-refractivity contribution in [3.05, 3.63) is 35.9 Å². The van der Waals surface area contributed by atoms with Crippen LogP contribution in [0.5, 0.6) is 0 Å². The molecular weight excluding hydrogens is 160 g/mol. The van der Waals surface area contributed by atoms with Crippen LogP contribution < -0.4 is 0 Å². The van der Waals surface area contributed by atoms with Crippen LogP contribution in [0, 0.1) is 0 Å². The molecule has 1 heteroatoms. The van der Waals surface area contributed by atoms with Crippen molar-refractivity contribution in [1.82, 2.24) is 0 Å². The Bertz CT molecular complexity index is 237. The van der Waals surface area contributed by atoms with Gasteiger partial charge in [-0.05, 0) is 31.2 Å². The van der Waals surface area contributed by atoms with Crippen LogP contribution in [0.15, 0.2) is 30.3 Å².